The lowest BCUT2D eigenvalue weighted by molar-refractivity contribution is 0.246. The Morgan fingerprint density at radius 3 is 2.63 bits per heavy atom. The molecule has 0 bridgehead atoms. The van der Waals surface area contributed by atoms with Gasteiger partial charge in [0.05, 0.1) is 6.61 Å². The van der Waals surface area contributed by atoms with Crippen molar-refractivity contribution in [2.45, 2.75) is 37.5 Å². The Morgan fingerprint density at radius 1 is 0.857 bits per heavy atom. The van der Waals surface area contributed by atoms with E-state index in [0.29, 0.717) is 29.9 Å². The Hall–Kier alpha value is -3.24. The van der Waals surface area contributed by atoms with Crippen LogP contribution in [-0.4, -0.2) is 41.4 Å². The quantitative estimate of drug-likeness (QED) is 0.357. The number of hydrogen-bond acceptors (Lipinski definition) is 4. The van der Waals surface area contributed by atoms with Gasteiger partial charge in [0.1, 0.15) is 17.2 Å². The van der Waals surface area contributed by atoms with Crippen molar-refractivity contribution < 1.29 is 14.9 Å². The molecule has 0 radical (unpaired) electrons. The van der Waals surface area contributed by atoms with E-state index in [4.69, 9.17) is 4.74 Å². The molecule has 0 saturated heterocycles. The van der Waals surface area contributed by atoms with Gasteiger partial charge < -0.3 is 14.9 Å². The Bertz CT molecular complexity index is 1250. The van der Waals surface area contributed by atoms with E-state index in [1.54, 1.807) is 6.07 Å². The average Bonchev–Trinajstić information content (AvgIpc) is 3.23. The van der Waals surface area contributed by atoms with E-state index in [1.165, 1.54) is 27.8 Å². The standard InChI is InChI=1S/C31H33NO3/c33-24-10-11-27-23(16-24)19-30-29(27)18-21-8-9-25(34)20-28(21)31(30)22-6-4-7-26(17-22)35-15-5-14-32-12-2-1-3-13-32/h1-2,4,6-11,16-17,20,29-31,33-34H,3,5,12-15,18-19H2/t29-,30+,31+/m0/s1. The average molecular weight is 468 g/mol. The van der Waals surface area contributed by atoms with Crippen molar-refractivity contribution >= 4 is 0 Å². The summed E-state index contributed by atoms with van der Waals surface area (Å²) in [6.45, 7) is 3.96. The highest BCUT2D eigenvalue weighted by atomic mass is 16.5. The highest BCUT2D eigenvalue weighted by molar-refractivity contribution is 5.52. The van der Waals surface area contributed by atoms with Crippen molar-refractivity contribution in [2.75, 3.05) is 26.2 Å². The molecule has 4 nitrogen and oxygen atoms in total. The highest BCUT2D eigenvalue weighted by Gasteiger charge is 2.43. The number of fused-ring (bicyclic) bond motifs is 4. The number of phenolic OH excluding ortho intramolecular Hbond substituents is 2. The number of benzene rings is 3. The van der Waals surface area contributed by atoms with Crippen molar-refractivity contribution in [1.29, 1.82) is 0 Å². The van der Waals surface area contributed by atoms with Crippen molar-refractivity contribution in [1.82, 2.24) is 4.90 Å². The molecule has 0 spiro atoms. The lowest BCUT2D eigenvalue weighted by Gasteiger charge is -2.37. The highest BCUT2D eigenvalue weighted by Crippen LogP contribution is 2.54. The summed E-state index contributed by atoms with van der Waals surface area (Å²) < 4.78 is 6.20. The van der Waals surface area contributed by atoms with E-state index in [1.807, 2.05) is 18.2 Å². The van der Waals surface area contributed by atoms with Crippen LogP contribution in [0.5, 0.6) is 17.2 Å². The Labute approximate surface area is 207 Å². The topological polar surface area (TPSA) is 52.9 Å². The first-order valence-electron chi connectivity index (χ1n) is 12.9. The number of phenols is 2. The van der Waals surface area contributed by atoms with E-state index >= 15 is 0 Å². The van der Waals surface area contributed by atoms with Crippen LogP contribution in [0.15, 0.2) is 72.8 Å². The first-order chi connectivity index (χ1) is 17.2. The summed E-state index contributed by atoms with van der Waals surface area (Å²) in [7, 11) is 0. The molecule has 3 aromatic carbocycles. The van der Waals surface area contributed by atoms with Gasteiger partial charge in [-0.1, -0.05) is 36.4 Å². The molecule has 180 valence electrons. The zero-order chi connectivity index (χ0) is 23.8. The van der Waals surface area contributed by atoms with Crippen LogP contribution in [0.3, 0.4) is 0 Å². The number of nitrogens with zero attached hydrogens (tertiary/aromatic N) is 1. The van der Waals surface area contributed by atoms with Crippen LogP contribution in [0.2, 0.25) is 0 Å². The third-order valence-corrected chi connectivity index (χ3v) is 8.08. The van der Waals surface area contributed by atoms with Gasteiger partial charge in [-0.05, 0) is 102 Å². The summed E-state index contributed by atoms with van der Waals surface area (Å²) >= 11 is 0. The molecule has 0 aromatic heterocycles. The molecule has 1 aliphatic heterocycles. The Morgan fingerprint density at radius 2 is 1.74 bits per heavy atom. The van der Waals surface area contributed by atoms with Crippen LogP contribution in [0.4, 0.5) is 0 Å². The number of hydrogen-bond donors (Lipinski definition) is 2. The molecule has 0 amide bonds. The van der Waals surface area contributed by atoms with Crippen molar-refractivity contribution in [2.24, 2.45) is 5.92 Å². The van der Waals surface area contributed by atoms with Gasteiger partial charge in [0.25, 0.3) is 0 Å². The summed E-state index contributed by atoms with van der Waals surface area (Å²) in [5.74, 6) is 2.55. The molecule has 3 aliphatic rings. The molecule has 3 aromatic rings. The number of ether oxygens (including phenoxy) is 1. The predicted molar refractivity (Wildman–Crippen MR) is 138 cm³/mol. The Balaban J connectivity index is 1.25. The number of aromatic hydroxyl groups is 2. The second-order valence-corrected chi connectivity index (χ2v) is 10.3. The molecule has 2 N–H and O–H groups in total. The van der Waals surface area contributed by atoms with Crippen LogP contribution in [0.25, 0.3) is 0 Å². The summed E-state index contributed by atoms with van der Waals surface area (Å²) in [5.41, 5.74) is 6.37. The van der Waals surface area contributed by atoms with Gasteiger partial charge in [-0.25, -0.2) is 0 Å². The maximum absolute atomic E-state index is 10.3. The second-order valence-electron chi connectivity index (χ2n) is 10.3. The van der Waals surface area contributed by atoms with Gasteiger partial charge in [-0.2, -0.15) is 0 Å². The predicted octanol–water partition coefficient (Wildman–Crippen LogP) is 5.77. The summed E-state index contributed by atoms with van der Waals surface area (Å²) in [4.78, 5) is 2.47. The maximum Gasteiger partial charge on any atom is 0.119 e. The third kappa shape index (κ3) is 4.43. The molecule has 1 heterocycles. The summed E-state index contributed by atoms with van der Waals surface area (Å²) in [5, 5.41) is 20.4. The van der Waals surface area contributed by atoms with Crippen LogP contribution < -0.4 is 4.74 Å². The van der Waals surface area contributed by atoms with E-state index in [9.17, 15) is 10.2 Å². The van der Waals surface area contributed by atoms with Gasteiger partial charge in [-0.15, -0.1) is 0 Å². The number of rotatable bonds is 6. The normalized spacial score (nSPS) is 22.9. The molecule has 6 rings (SSSR count). The van der Waals surface area contributed by atoms with E-state index in [-0.39, 0.29) is 5.92 Å². The minimum Gasteiger partial charge on any atom is -0.508 e. The minimum atomic E-state index is 0.175. The molecule has 0 unspecified atom stereocenters. The third-order valence-electron chi connectivity index (χ3n) is 8.08. The summed E-state index contributed by atoms with van der Waals surface area (Å²) in [6, 6.07) is 20.3. The van der Waals surface area contributed by atoms with Crippen LogP contribution in [0, 0.1) is 5.92 Å². The van der Waals surface area contributed by atoms with Gasteiger partial charge >= 0.3 is 0 Å². The fourth-order valence-corrected chi connectivity index (χ4v) is 6.49. The largest absolute Gasteiger partial charge is 0.508 e. The van der Waals surface area contributed by atoms with Crippen molar-refractivity contribution in [3.63, 3.8) is 0 Å². The van der Waals surface area contributed by atoms with Crippen molar-refractivity contribution in [3.05, 3.63) is 101 Å². The van der Waals surface area contributed by atoms with E-state index < -0.39 is 0 Å². The molecule has 0 fully saturated rings. The Kier molecular flexibility index (Phi) is 5.99. The SMILES string of the molecule is Oc1ccc2c(c1)C[C@H]1[C@H](c3cccc(OCCCN4CC=CCC4)c3)c3cc(O)ccc3C[C@@H]21. The molecule has 3 atom stereocenters. The molecule has 4 heteroatoms. The second kappa shape index (κ2) is 9.43. The lowest BCUT2D eigenvalue weighted by Crippen LogP contribution is -2.29. The smallest absolute Gasteiger partial charge is 0.119 e. The minimum absolute atomic E-state index is 0.175. The maximum atomic E-state index is 10.3. The zero-order valence-electron chi connectivity index (χ0n) is 20.1. The first kappa shape index (κ1) is 22.2. The lowest BCUT2D eigenvalue weighted by atomic mass is 9.67. The fraction of sp³-hybridized carbons (Fsp3) is 0.355. The van der Waals surface area contributed by atoms with Crippen LogP contribution in [0.1, 0.15) is 52.5 Å². The molecule has 0 saturated carbocycles. The van der Waals surface area contributed by atoms with E-state index in [2.05, 4.69) is 53.5 Å². The van der Waals surface area contributed by atoms with Gasteiger partial charge in [0.15, 0.2) is 0 Å². The van der Waals surface area contributed by atoms with Crippen molar-refractivity contribution in [3.8, 4) is 17.2 Å². The molecular formula is C31H33NO3. The van der Waals surface area contributed by atoms with E-state index in [0.717, 1.165) is 51.1 Å². The van der Waals surface area contributed by atoms with Crippen LogP contribution in [-0.2, 0) is 12.8 Å². The summed E-state index contributed by atoms with van der Waals surface area (Å²) in [6.07, 6.45) is 8.58. The molecular weight excluding hydrogens is 434 g/mol. The molecule has 2 aliphatic carbocycles. The van der Waals surface area contributed by atoms with Gasteiger partial charge in [-0.3, -0.25) is 4.90 Å². The monoisotopic (exact) mass is 467 g/mol. The fourth-order valence-electron chi connectivity index (χ4n) is 6.49. The first-order valence-corrected chi connectivity index (χ1v) is 12.9. The van der Waals surface area contributed by atoms with Crippen LogP contribution >= 0.6 is 0 Å². The van der Waals surface area contributed by atoms with Gasteiger partial charge in [0.2, 0.25) is 0 Å². The van der Waals surface area contributed by atoms with Gasteiger partial charge in [0, 0.05) is 25.6 Å². The molecule has 35 heavy (non-hydrogen) atoms. The zero-order valence-corrected chi connectivity index (χ0v) is 20.1.